The minimum absolute atomic E-state index is 0.0357. The van der Waals surface area contributed by atoms with Crippen molar-refractivity contribution in [3.8, 4) is 0 Å². The molecule has 1 aliphatic carbocycles. The Hall–Kier alpha value is -0.420. The van der Waals surface area contributed by atoms with Crippen LogP contribution in [0, 0.1) is 11.3 Å². The van der Waals surface area contributed by atoms with Crippen LogP contribution >= 0.6 is 0 Å². The Morgan fingerprint density at radius 3 is 2.60 bits per heavy atom. The molecule has 1 aliphatic rings. The van der Waals surface area contributed by atoms with E-state index in [1.165, 1.54) is 0 Å². The number of carbonyl (C=O) groups is 1. The maximum absolute atomic E-state index is 11.8. The van der Waals surface area contributed by atoms with Crippen molar-refractivity contribution in [1.82, 2.24) is 5.32 Å². The summed E-state index contributed by atoms with van der Waals surface area (Å²) in [4.78, 5) is 11.8. The van der Waals surface area contributed by atoms with Gasteiger partial charge in [0.05, 0.1) is 5.41 Å². The van der Waals surface area contributed by atoms with Gasteiger partial charge in [-0.05, 0) is 18.8 Å². The highest BCUT2D eigenvalue weighted by Crippen LogP contribution is 2.44. The van der Waals surface area contributed by atoms with Crippen LogP contribution in [0.5, 0.6) is 0 Å². The molecule has 1 fully saturated rings. The molecule has 1 unspecified atom stereocenters. The molecule has 0 spiro atoms. The summed E-state index contributed by atoms with van der Waals surface area (Å²) in [5.41, 5.74) is 5.30. The molecule has 15 heavy (non-hydrogen) atoms. The van der Waals surface area contributed by atoms with Gasteiger partial charge in [0.1, 0.15) is 0 Å². The molecule has 0 aliphatic heterocycles. The van der Waals surface area contributed by atoms with E-state index in [1.807, 2.05) is 0 Å². The second kappa shape index (κ2) is 5.07. The van der Waals surface area contributed by atoms with Crippen LogP contribution in [0.15, 0.2) is 0 Å². The van der Waals surface area contributed by atoms with E-state index < -0.39 is 10.8 Å². The summed E-state index contributed by atoms with van der Waals surface area (Å²) in [5.74, 6) is 1.15. The molecule has 88 valence electrons. The van der Waals surface area contributed by atoms with Crippen molar-refractivity contribution in [3.05, 3.63) is 0 Å². The van der Waals surface area contributed by atoms with E-state index in [1.54, 1.807) is 6.26 Å². The van der Waals surface area contributed by atoms with Crippen molar-refractivity contribution >= 4 is 16.7 Å². The first-order chi connectivity index (χ1) is 7.00. The summed E-state index contributed by atoms with van der Waals surface area (Å²) >= 11 is 0. The number of rotatable bonds is 5. The van der Waals surface area contributed by atoms with Gasteiger partial charge in [-0.1, -0.05) is 6.92 Å². The zero-order chi connectivity index (χ0) is 11.5. The third kappa shape index (κ3) is 3.01. The van der Waals surface area contributed by atoms with Gasteiger partial charge >= 0.3 is 0 Å². The molecule has 0 heterocycles. The van der Waals surface area contributed by atoms with Crippen molar-refractivity contribution in [3.63, 3.8) is 0 Å². The Kier molecular flexibility index (Phi) is 4.28. The molecule has 5 heteroatoms. The van der Waals surface area contributed by atoms with Crippen molar-refractivity contribution in [2.45, 2.75) is 19.8 Å². The highest BCUT2D eigenvalue weighted by Gasteiger charge is 2.46. The lowest BCUT2D eigenvalue weighted by Crippen LogP contribution is -2.53. The molecule has 0 aromatic heterocycles. The fourth-order valence-corrected chi connectivity index (χ4v) is 2.60. The van der Waals surface area contributed by atoms with Crippen LogP contribution < -0.4 is 11.1 Å². The summed E-state index contributed by atoms with van der Waals surface area (Å²) in [6.07, 6.45) is 3.39. The maximum atomic E-state index is 11.8. The van der Waals surface area contributed by atoms with Gasteiger partial charge in [-0.15, -0.1) is 0 Å². The SMILES string of the molecule is CC1CC(CN)(C(=O)NCCS(C)=O)C1. The lowest BCUT2D eigenvalue weighted by Gasteiger charge is -2.44. The number of carbonyl (C=O) groups excluding carboxylic acids is 1. The fourth-order valence-electron chi connectivity index (χ4n) is 2.21. The lowest BCUT2D eigenvalue weighted by molar-refractivity contribution is -0.137. The van der Waals surface area contributed by atoms with Crippen LogP contribution in [-0.2, 0) is 15.6 Å². The normalized spacial score (nSPS) is 31.8. The number of hydrogen-bond acceptors (Lipinski definition) is 3. The van der Waals surface area contributed by atoms with Crippen LogP contribution in [0.4, 0.5) is 0 Å². The number of amides is 1. The Balaban J connectivity index is 2.35. The fraction of sp³-hybridized carbons (Fsp3) is 0.900. The van der Waals surface area contributed by atoms with Crippen LogP contribution in [0.3, 0.4) is 0 Å². The number of hydrogen-bond donors (Lipinski definition) is 2. The first-order valence-electron chi connectivity index (χ1n) is 5.28. The van der Waals surface area contributed by atoms with E-state index in [2.05, 4.69) is 12.2 Å². The molecule has 1 atom stereocenters. The Morgan fingerprint density at radius 2 is 2.20 bits per heavy atom. The highest BCUT2D eigenvalue weighted by molar-refractivity contribution is 7.84. The number of nitrogens with two attached hydrogens (primary N) is 1. The molecule has 0 bridgehead atoms. The van der Waals surface area contributed by atoms with E-state index in [-0.39, 0.29) is 11.3 Å². The summed E-state index contributed by atoms with van der Waals surface area (Å²) < 4.78 is 10.8. The molecule has 1 saturated carbocycles. The van der Waals surface area contributed by atoms with Gasteiger partial charge in [-0.2, -0.15) is 0 Å². The second-order valence-electron chi connectivity index (χ2n) is 4.53. The average Bonchev–Trinajstić information content (AvgIpc) is 2.11. The molecule has 1 amide bonds. The van der Waals surface area contributed by atoms with Gasteiger partial charge in [0.2, 0.25) is 5.91 Å². The minimum atomic E-state index is -0.848. The van der Waals surface area contributed by atoms with Crippen molar-refractivity contribution in [1.29, 1.82) is 0 Å². The van der Waals surface area contributed by atoms with Gasteiger partial charge < -0.3 is 11.1 Å². The predicted molar refractivity (Wildman–Crippen MR) is 61.8 cm³/mol. The molecule has 1 rings (SSSR count). The Morgan fingerprint density at radius 1 is 1.60 bits per heavy atom. The summed E-state index contributed by atoms with van der Waals surface area (Å²) in [7, 11) is -0.848. The van der Waals surface area contributed by atoms with Crippen molar-refractivity contribution in [2.75, 3.05) is 25.1 Å². The zero-order valence-corrected chi connectivity index (χ0v) is 10.2. The van der Waals surface area contributed by atoms with E-state index >= 15 is 0 Å². The molecular formula is C10H20N2O2S. The molecule has 0 radical (unpaired) electrons. The summed E-state index contributed by atoms with van der Waals surface area (Å²) in [6, 6.07) is 0. The van der Waals surface area contributed by atoms with Crippen molar-refractivity contribution < 1.29 is 9.00 Å². The van der Waals surface area contributed by atoms with Gasteiger partial charge in [0.15, 0.2) is 0 Å². The quantitative estimate of drug-likeness (QED) is 0.693. The molecule has 4 nitrogen and oxygen atoms in total. The minimum Gasteiger partial charge on any atom is -0.355 e. The van der Waals surface area contributed by atoms with E-state index in [0.29, 0.717) is 24.8 Å². The first kappa shape index (κ1) is 12.6. The zero-order valence-electron chi connectivity index (χ0n) is 9.41. The molecule has 0 aromatic rings. The standard InChI is InChI=1S/C10H20N2O2S/c1-8-5-10(6-8,7-11)9(13)12-3-4-15(2)14/h8H,3-7,11H2,1-2H3,(H,12,13). The van der Waals surface area contributed by atoms with E-state index in [0.717, 1.165) is 12.8 Å². The van der Waals surface area contributed by atoms with Crippen LogP contribution in [-0.4, -0.2) is 35.2 Å². The molecular weight excluding hydrogens is 212 g/mol. The predicted octanol–water partition coefficient (Wildman–Crippen LogP) is -0.144. The molecule has 3 N–H and O–H groups in total. The van der Waals surface area contributed by atoms with Crippen LogP contribution in [0.1, 0.15) is 19.8 Å². The van der Waals surface area contributed by atoms with E-state index in [4.69, 9.17) is 5.73 Å². The number of nitrogens with one attached hydrogen (secondary N) is 1. The largest absolute Gasteiger partial charge is 0.355 e. The topological polar surface area (TPSA) is 72.2 Å². The lowest BCUT2D eigenvalue weighted by atomic mass is 9.62. The Bertz CT molecular complexity index is 262. The van der Waals surface area contributed by atoms with Gasteiger partial charge in [0.25, 0.3) is 0 Å². The monoisotopic (exact) mass is 232 g/mol. The third-order valence-corrected chi connectivity index (χ3v) is 3.80. The van der Waals surface area contributed by atoms with Gasteiger partial charge in [0, 0.05) is 35.9 Å². The van der Waals surface area contributed by atoms with Gasteiger partial charge in [-0.3, -0.25) is 9.00 Å². The highest BCUT2D eigenvalue weighted by atomic mass is 32.2. The maximum Gasteiger partial charge on any atom is 0.227 e. The van der Waals surface area contributed by atoms with Gasteiger partial charge in [-0.25, -0.2) is 0 Å². The van der Waals surface area contributed by atoms with Crippen LogP contribution in [0.2, 0.25) is 0 Å². The third-order valence-electron chi connectivity index (χ3n) is 3.03. The summed E-state index contributed by atoms with van der Waals surface area (Å²) in [5, 5.41) is 2.82. The van der Waals surface area contributed by atoms with E-state index in [9.17, 15) is 9.00 Å². The summed E-state index contributed by atoms with van der Waals surface area (Å²) in [6.45, 7) is 3.03. The van der Waals surface area contributed by atoms with Crippen LogP contribution in [0.25, 0.3) is 0 Å². The molecule has 0 aromatic carbocycles. The Labute approximate surface area is 93.4 Å². The average molecular weight is 232 g/mol. The molecule has 0 saturated heterocycles. The van der Waals surface area contributed by atoms with Crippen molar-refractivity contribution in [2.24, 2.45) is 17.1 Å². The first-order valence-corrected chi connectivity index (χ1v) is 7.01. The second-order valence-corrected chi connectivity index (χ2v) is 6.09. The smallest absolute Gasteiger partial charge is 0.227 e.